The van der Waals surface area contributed by atoms with Gasteiger partial charge in [-0.1, -0.05) is 31.0 Å². The van der Waals surface area contributed by atoms with Crippen molar-refractivity contribution in [3.05, 3.63) is 35.5 Å². The van der Waals surface area contributed by atoms with Crippen LogP contribution in [-0.2, 0) is 6.42 Å². The number of aromatic nitrogens is 1. The Balaban J connectivity index is 0.00000192. The second kappa shape index (κ2) is 8.57. The van der Waals surface area contributed by atoms with Crippen LogP contribution in [0.15, 0.2) is 29.4 Å². The van der Waals surface area contributed by atoms with E-state index in [9.17, 15) is 0 Å². The van der Waals surface area contributed by atoms with Gasteiger partial charge in [0.2, 0.25) is 0 Å². The third kappa shape index (κ3) is 4.40. The molecule has 2 aromatic rings. The molecule has 0 aliphatic heterocycles. The first-order chi connectivity index (χ1) is 10.8. The molecular formula is C18H27IN4. The molecule has 1 aromatic carbocycles. The molecule has 1 fully saturated rings. The molecule has 1 aliphatic carbocycles. The average Bonchev–Trinajstić information content (AvgIpc) is 3.17. The maximum Gasteiger partial charge on any atom is 0.191 e. The molecule has 0 atom stereocenters. The van der Waals surface area contributed by atoms with Gasteiger partial charge in [0.1, 0.15) is 0 Å². The predicted molar refractivity (Wildman–Crippen MR) is 109 cm³/mol. The molecule has 1 aromatic heterocycles. The first kappa shape index (κ1) is 18.1. The summed E-state index contributed by atoms with van der Waals surface area (Å²) >= 11 is 0. The number of halogens is 1. The van der Waals surface area contributed by atoms with E-state index in [0.717, 1.165) is 18.9 Å². The van der Waals surface area contributed by atoms with Gasteiger partial charge in [-0.05, 0) is 37.3 Å². The maximum atomic E-state index is 4.33. The molecule has 0 amide bonds. The van der Waals surface area contributed by atoms with Crippen LogP contribution in [-0.4, -0.2) is 30.6 Å². The number of fused-ring (bicyclic) bond motifs is 1. The molecule has 1 heterocycles. The van der Waals surface area contributed by atoms with E-state index in [0.29, 0.717) is 6.04 Å². The fraction of sp³-hybridized carbons (Fsp3) is 0.500. The lowest BCUT2D eigenvalue weighted by molar-refractivity contribution is 0.613. The van der Waals surface area contributed by atoms with Crippen LogP contribution in [0.1, 0.15) is 36.8 Å². The maximum absolute atomic E-state index is 4.33. The van der Waals surface area contributed by atoms with Crippen LogP contribution in [0.4, 0.5) is 0 Å². The SMILES string of the molecule is CN=C(NCCc1c[nH]c2c(C)cccc12)NC1CCCC1.I. The van der Waals surface area contributed by atoms with E-state index in [-0.39, 0.29) is 24.0 Å². The Labute approximate surface area is 155 Å². The van der Waals surface area contributed by atoms with Gasteiger partial charge in [-0.3, -0.25) is 4.99 Å². The van der Waals surface area contributed by atoms with E-state index in [4.69, 9.17) is 0 Å². The Bertz CT molecular complexity index is 656. The van der Waals surface area contributed by atoms with Crippen LogP contribution in [0.5, 0.6) is 0 Å². The number of nitrogens with one attached hydrogen (secondary N) is 3. The summed E-state index contributed by atoms with van der Waals surface area (Å²) in [7, 11) is 1.85. The van der Waals surface area contributed by atoms with Crippen LogP contribution in [0.2, 0.25) is 0 Å². The van der Waals surface area contributed by atoms with Crippen molar-refractivity contribution in [1.82, 2.24) is 15.6 Å². The van der Waals surface area contributed by atoms with Gasteiger partial charge in [0.05, 0.1) is 0 Å². The second-order valence-corrected chi connectivity index (χ2v) is 6.19. The van der Waals surface area contributed by atoms with Gasteiger partial charge in [0.25, 0.3) is 0 Å². The molecule has 0 bridgehead atoms. The van der Waals surface area contributed by atoms with Gasteiger partial charge in [0.15, 0.2) is 5.96 Å². The number of guanidine groups is 1. The zero-order valence-corrected chi connectivity index (χ0v) is 16.3. The number of aryl methyl sites for hydroxylation is 1. The van der Waals surface area contributed by atoms with Gasteiger partial charge in [-0.25, -0.2) is 0 Å². The Morgan fingerprint density at radius 1 is 1.30 bits per heavy atom. The van der Waals surface area contributed by atoms with Gasteiger partial charge >= 0.3 is 0 Å². The number of para-hydroxylation sites is 1. The number of H-pyrrole nitrogens is 1. The minimum Gasteiger partial charge on any atom is -0.361 e. The molecule has 5 heteroatoms. The van der Waals surface area contributed by atoms with Crippen molar-refractivity contribution in [3.8, 4) is 0 Å². The number of hydrogen-bond donors (Lipinski definition) is 3. The largest absolute Gasteiger partial charge is 0.361 e. The van der Waals surface area contributed by atoms with E-state index in [1.165, 1.54) is 47.7 Å². The third-order valence-corrected chi connectivity index (χ3v) is 4.62. The number of aliphatic imine (C=N–C) groups is 1. The molecule has 1 aliphatic rings. The van der Waals surface area contributed by atoms with Crippen LogP contribution < -0.4 is 10.6 Å². The van der Waals surface area contributed by atoms with Gasteiger partial charge in [-0.15, -0.1) is 24.0 Å². The smallest absolute Gasteiger partial charge is 0.191 e. The summed E-state index contributed by atoms with van der Waals surface area (Å²) in [5.74, 6) is 0.933. The quantitative estimate of drug-likeness (QED) is 0.396. The third-order valence-electron chi connectivity index (χ3n) is 4.62. The lowest BCUT2D eigenvalue weighted by Crippen LogP contribution is -2.42. The molecule has 0 spiro atoms. The van der Waals surface area contributed by atoms with Crippen LogP contribution >= 0.6 is 24.0 Å². The highest BCUT2D eigenvalue weighted by atomic mass is 127. The van der Waals surface area contributed by atoms with E-state index in [1.807, 2.05) is 7.05 Å². The Morgan fingerprint density at radius 3 is 2.83 bits per heavy atom. The van der Waals surface area contributed by atoms with Crippen molar-refractivity contribution in [3.63, 3.8) is 0 Å². The number of hydrogen-bond acceptors (Lipinski definition) is 1. The summed E-state index contributed by atoms with van der Waals surface area (Å²) in [4.78, 5) is 7.73. The molecule has 4 nitrogen and oxygen atoms in total. The minimum absolute atomic E-state index is 0. The normalized spacial score (nSPS) is 15.7. The fourth-order valence-electron chi connectivity index (χ4n) is 3.34. The predicted octanol–water partition coefficient (Wildman–Crippen LogP) is 3.74. The Morgan fingerprint density at radius 2 is 2.09 bits per heavy atom. The van der Waals surface area contributed by atoms with Crippen molar-refractivity contribution >= 4 is 40.8 Å². The molecule has 0 saturated heterocycles. The van der Waals surface area contributed by atoms with Crippen molar-refractivity contribution < 1.29 is 0 Å². The van der Waals surface area contributed by atoms with Gasteiger partial charge in [0, 0.05) is 36.7 Å². The summed E-state index contributed by atoms with van der Waals surface area (Å²) in [5.41, 5.74) is 3.92. The lowest BCUT2D eigenvalue weighted by Gasteiger charge is -2.16. The standard InChI is InChI=1S/C18H26N4.HI/c1-13-6-5-9-16-14(12-21-17(13)16)10-11-20-18(19-2)22-15-7-3-4-8-15;/h5-6,9,12,15,21H,3-4,7-8,10-11H2,1-2H3,(H2,19,20,22);1H. The summed E-state index contributed by atoms with van der Waals surface area (Å²) < 4.78 is 0. The summed E-state index contributed by atoms with van der Waals surface area (Å²) in [5, 5.41) is 8.30. The molecule has 23 heavy (non-hydrogen) atoms. The summed E-state index contributed by atoms with van der Waals surface area (Å²) in [6, 6.07) is 7.07. The topological polar surface area (TPSA) is 52.2 Å². The average molecular weight is 426 g/mol. The molecule has 1 saturated carbocycles. The van der Waals surface area contributed by atoms with E-state index >= 15 is 0 Å². The Kier molecular flexibility index (Phi) is 6.74. The number of rotatable bonds is 4. The van der Waals surface area contributed by atoms with Crippen molar-refractivity contribution in [1.29, 1.82) is 0 Å². The lowest BCUT2D eigenvalue weighted by atomic mass is 10.1. The van der Waals surface area contributed by atoms with Crippen LogP contribution in [0.3, 0.4) is 0 Å². The van der Waals surface area contributed by atoms with Crippen LogP contribution in [0, 0.1) is 6.92 Å². The summed E-state index contributed by atoms with van der Waals surface area (Å²) in [6.45, 7) is 3.04. The molecule has 3 rings (SSSR count). The number of aromatic amines is 1. The van der Waals surface area contributed by atoms with E-state index in [1.54, 1.807) is 0 Å². The molecule has 126 valence electrons. The summed E-state index contributed by atoms with van der Waals surface area (Å²) in [6.07, 6.45) is 8.33. The number of nitrogens with zero attached hydrogens (tertiary/aromatic N) is 1. The van der Waals surface area contributed by atoms with E-state index < -0.39 is 0 Å². The highest BCUT2D eigenvalue weighted by Gasteiger charge is 2.15. The van der Waals surface area contributed by atoms with Gasteiger partial charge < -0.3 is 15.6 Å². The molecule has 0 unspecified atom stereocenters. The molecule has 3 N–H and O–H groups in total. The highest BCUT2D eigenvalue weighted by Crippen LogP contribution is 2.21. The zero-order valence-electron chi connectivity index (χ0n) is 14.0. The highest BCUT2D eigenvalue weighted by molar-refractivity contribution is 14.0. The molecular weight excluding hydrogens is 399 g/mol. The number of benzene rings is 1. The second-order valence-electron chi connectivity index (χ2n) is 6.19. The zero-order chi connectivity index (χ0) is 15.4. The van der Waals surface area contributed by atoms with Gasteiger partial charge in [-0.2, -0.15) is 0 Å². The first-order valence-electron chi connectivity index (χ1n) is 8.30. The van der Waals surface area contributed by atoms with E-state index in [2.05, 4.69) is 51.9 Å². The molecule has 0 radical (unpaired) electrons. The minimum atomic E-state index is 0. The fourth-order valence-corrected chi connectivity index (χ4v) is 3.34. The van der Waals surface area contributed by atoms with Crippen molar-refractivity contribution in [2.75, 3.05) is 13.6 Å². The monoisotopic (exact) mass is 426 g/mol. The Hall–Kier alpha value is -1.24. The van der Waals surface area contributed by atoms with Crippen molar-refractivity contribution in [2.24, 2.45) is 4.99 Å². The van der Waals surface area contributed by atoms with Crippen molar-refractivity contribution in [2.45, 2.75) is 45.1 Å². The van der Waals surface area contributed by atoms with Crippen LogP contribution in [0.25, 0.3) is 10.9 Å². The first-order valence-corrected chi connectivity index (χ1v) is 8.30.